The van der Waals surface area contributed by atoms with Gasteiger partial charge in [0.05, 0.1) is 0 Å². The van der Waals surface area contributed by atoms with Crippen LogP contribution in [0.4, 0.5) is 5.69 Å². The van der Waals surface area contributed by atoms with Crippen LogP contribution in [0.3, 0.4) is 0 Å². The second-order valence-corrected chi connectivity index (χ2v) is 9.90. The first-order chi connectivity index (χ1) is 16.5. The Morgan fingerprint density at radius 1 is 1.03 bits per heavy atom. The third kappa shape index (κ3) is 9.01. The van der Waals surface area contributed by atoms with Crippen molar-refractivity contribution in [3.8, 4) is 5.75 Å². The number of benzene rings is 2. The van der Waals surface area contributed by atoms with Crippen LogP contribution in [0.15, 0.2) is 67.0 Å². The first-order valence-electron chi connectivity index (χ1n) is 12.1. The minimum absolute atomic E-state index is 0.0326. The highest BCUT2D eigenvalue weighted by atomic mass is 16.5. The number of hydrogen-bond acceptors (Lipinski definition) is 4. The summed E-state index contributed by atoms with van der Waals surface area (Å²) in [4.78, 5) is 26.5. The molecule has 0 fully saturated rings. The number of rotatable bonds is 7. The summed E-state index contributed by atoms with van der Waals surface area (Å²) in [5.41, 5.74) is 4.87. The van der Waals surface area contributed by atoms with Crippen molar-refractivity contribution in [2.45, 2.75) is 72.8 Å². The highest BCUT2D eigenvalue weighted by molar-refractivity contribution is 6.04. The lowest BCUT2D eigenvalue weighted by Gasteiger charge is -2.26. The van der Waals surface area contributed by atoms with E-state index in [-0.39, 0.29) is 17.1 Å². The van der Waals surface area contributed by atoms with Gasteiger partial charge in [0, 0.05) is 35.3 Å². The average molecular weight is 475 g/mol. The van der Waals surface area contributed by atoms with Gasteiger partial charge in [0.1, 0.15) is 18.1 Å². The zero-order valence-corrected chi connectivity index (χ0v) is 22.0. The van der Waals surface area contributed by atoms with Crippen molar-refractivity contribution in [1.82, 2.24) is 4.98 Å². The van der Waals surface area contributed by atoms with Gasteiger partial charge in [-0.3, -0.25) is 9.78 Å². The Bertz CT molecular complexity index is 1110. The summed E-state index contributed by atoms with van der Waals surface area (Å²) in [6, 6.07) is 17.4. The second-order valence-electron chi connectivity index (χ2n) is 9.90. The van der Waals surface area contributed by atoms with Crippen molar-refractivity contribution >= 4 is 17.4 Å². The molecule has 3 aromatic rings. The Morgan fingerprint density at radius 3 is 2.34 bits per heavy atom. The monoisotopic (exact) mass is 474 g/mol. The van der Waals surface area contributed by atoms with Gasteiger partial charge in [-0.1, -0.05) is 52.8 Å². The minimum Gasteiger partial charge on any atom is -0.489 e. The third-order valence-electron chi connectivity index (χ3n) is 5.49. The van der Waals surface area contributed by atoms with Gasteiger partial charge in [-0.15, -0.1) is 0 Å². The van der Waals surface area contributed by atoms with Crippen LogP contribution >= 0.6 is 0 Å². The molecule has 2 aromatic carbocycles. The summed E-state index contributed by atoms with van der Waals surface area (Å²) >= 11 is 0. The van der Waals surface area contributed by atoms with Gasteiger partial charge >= 0.3 is 0 Å². The molecule has 0 aliphatic rings. The summed E-state index contributed by atoms with van der Waals surface area (Å²) in [5.74, 6) is 1.20. The van der Waals surface area contributed by atoms with Crippen molar-refractivity contribution in [3.05, 3.63) is 89.2 Å². The maximum atomic E-state index is 13.0. The Kier molecular flexibility index (Phi) is 10.2. The van der Waals surface area contributed by atoms with Crippen molar-refractivity contribution in [2.75, 3.05) is 5.32 Å². The van der Waals surface area contributed by atoms with E-state index in [1.165, 1.54) is 25.0 Å². The molecule has 1 aromatic heterocycles. The molecule has 0 saturated heterocycles. The van der Waals surface area contributed by atoms with Crippen molar-refractivity contribution < 1.29 is 14.3 Å². The molecule has 0 aliphatic heterocycles. The van der Waals surface area contributed by atoms with E-state index in [9.17, 15) is 9.59 Å². The number of nitrogens with zero attached hydrogens (tertiary/aromatic N) is 1. The lowest BCUT2D eigenvalue weighted by Crippen LogP contribution is -2.18. The number of anilines is 1. The maximum Gasteiger partial charge on any atom is 0.255 e. The average Bonchev–Trinajstić information content (AvgIpc) is 2.82. The van der Waals surface area contributed by atoms with Crippen LogP contribution in [0, 0.1) is 0 Å². The first-order valence-corrected chi connectivity index (χ1v) is 12.1. The van der Waals surface area contributed by atoms with Crippen molar-refractivity contribution in [2.24, 2.45) is 0 Å². The van der Waals surface area contributed by atoms with Gasteiger partial charge in [0.15, 0.2) is 0 Å². The molecule has 1 heterocycles. The summed E-state index contributed by atoms with van der Waals surface area (Å²) in [6.45, 7) is 14.5. The number of pyridine rings is 1. The van der Waals surface area contributed by atoms with E-state index in [1.54, 1.807) is 12.4 Å². The molecular weight excluding hydrogens is 436 g/mol. The molecule has 0 radical (unpaired) electrons. The van der Waals surface area contributed by atoms with Crippen molar-refractivity contribution in [3.63, 3.8) is 0 Å². The summed E-state index contributed by atoms with van der Waals surface area (Å²) in [6.07, 6.45) is 4.59. The Labute approximate surface area is 210 Å². The highest BCUT2D eigenvalue weighted by Crippen LogP contribution is 2.33. The van der Waals surface area contributed by atoms with E-state index < -0.39 is 0 Å². The molecule has 5 nitrogen and oxygen atoms in total. The van der Waals surface area contributed by atoms with Gasteiger partial charge in [-0.2, -0.15) is 0 Å². The largest absolute Gasteiger partial charge is 0.489 e. The van der Waals surface area contributed by atoms with Crippen LogP contribution in [0.1, 0.15) is 87.9 Å². The number of nitrogens with one attached hydrogen (secondary N) is 1. The molecule has 1 atom stereocenters. The molecule has 1 unspecified atom stereocenters. The van der Waals surface area contributed by atoms with E-state index >= 15 is 0 Å². The Morgan fingerprint density at radius 2 is 1.74 bits per heavy atom. The summed E-state index contributed by atoms with van der Waals surface area (Å²) in [7, 11) is 0. The predicted molar refractivity (Wildman–Crippen MR) is 143 cm³/mol. The number of Topliss-reactive ketones (excluding diaryl/α,β-unsaturated/α-hetero) is 1. The summed E-state index contributed by atoms with van der Waals surface area (Å²) in [5, 5.41) is 3.01. The Hall–Kier alpha value is -3.47. The van der Waals surface area contributed by atoms with Gasteiger partial charge in [0.25, 0.3) is 5.91 Å². The topological polar surface area (TPSA) is 68.3 Å². The zero-order valence-electron chi connectivity index (χ0n) is 22.0. The smallest absolute Gasteiger partial charge is 0.255 e. The lowest BCUT2D eigenvalue weighted by atomic mass is 9.79. The van der Waals surface area contributed by atoms with E-state index in [2.05, 4.69) is 51.0 Å². The molecule has 0 saturated carbocycles. The molecule has 0 bridgehead atoms. The third-order valence-corrected chi connectivity index (χ3v) is 5.49. The number of amides is 1. The number of aromatic nitrogens is 1. The number of carbonyl (C=O) groups excluding carboxylic acids is 2. The molecule has 0 aliphatic carbocycles. The Balaban J connectivity index is 0.00000100. The van der Waals surface area contributed by atoms with Gasteiger partial charge in [-0.05, 0) is 73.1 Å². The SMILES string of the molecule is CC(C)=O.CCC(C)c1ccc(C(=O)Nc2cccc(OCc3cccnc3)c2)cc1C(C)(C)C. The number of hydrogen-bond donors (Lipinski definition) is 1. The maximum absolute atomic E-state index is 13.0. The van der Waals surface area contributed by atoms with E-state index in [0.717, 1.165) is 12.0 Å². The van der Waals surface area contributed by atoms with Crippen LogP contribution in [0.5, 0.6) is 5.75 Å². The standard InChI is InChI=1S/C27H32N2O2.C3H6O/c1-6-19(2)24-13-12-21(15-25(24)27(3,4)5)26(30)29-22-10-7-11-23(16-22)31-18-20-9-8-14-28-17-20;1-3(2)4/h7-17,19H,6,18H2,1-5H3,(H,29,30);1-2H3. The van der Waals surface area contributed by atoms with Gasteiger partial charge in [-0.25, -0.2) is 0 Å². The van der Waals surface area contributed by atoms with Crippen molar-refractivity contribution in [1.29, 1.82) is 0 Å². The molecule has 35 heavy (non-hydrogen) atoms. The fourth-order valence-electron chi connectivity index (χ4n) is 3.51. The fourth-order valence-corrected chi connectivity index (χ4v) is 3.51. The molecule has 1 N–H and O–H groups in total. The molecule has 0 spiro atoms. The van der Waals surface area contributed by atoms with Gasteiger partial charge < -0.3 is 14.8 Å². The zero-order chi connectivity index (χ0) is 26.0. The number of ether oxygens (including phenoxy) is 1. The predicted octanol–water partition coefficient (Wildman–Crippen LogP) is 7.32. The van der Waals surface area contributed by atoms with E-state index in [0.29, 0.717) is 29.5 Å². The van der Waals surface area contributed by atoms with E-state index in [4.69, 9.17) is 4.74 Å². The van der Waals surface area contributed by atoms with Crippen LogP contribution < -0.4 is 10.1 Å². The van der Waals surface area contributed by atoms with E-state index in [1.807, 2.05) is 48.5 Å². The highest BCUT2D eigenvalue weighted by Gasteiger charge is 2.22. The van der Waals surface area contributed by atoms with Crippen LogP contribution in [-0.2, 0) is 16.8 Å². The fraction of sp³-hybridized carbons (Fsp3) is 0.367. The first kappa shape index (κ1) is 27.8. The van der Waals surface area contributed by atoms with Crippen LogP contribution in [0.2, 0.25) is 0 Å². The summed E-state index contributed by atoms with van der Waals surface area (Å²) < 4.78 is 5.85. The molecule has 3 rings (SSSR count). The number of carbonyl (C=O) groups is 2. The minimum atomic E-state index is -0.120. The molecule has 5 heteroatoms. The normalized spacial score (nSPS) is 11.6. The van der Waals surface area contributed by atoms with Crippen LogP contribution in [0.25, 0.3) is 0 Å². The second kappa shape index (κ2) is 12.8. The van der Waals surface area contributed by atoms with Gasteiger partial charge in [0.2, 0.25) is 0 Å². The lowest BCUT2D eigenvalue weighted by molar-refractivity contribution is -0.115. The quantitative estimate of drug-likeness (QED) is 0.389. The molecular formula is C30H38N2O3. The van der Waals surface area contributed by atoms with Crippen LogP contribution in [-0.4, -0.2) is 16.7 Å². The molecule has 186 valence electrons. The number of ketones is 1. The molecule has 1 amide bonds.